The quantitative estimate of drug-likeness (QED) is 0.193. The van der Waals surface area contributed by atoms with Crippen LogP contribution in [0.1, 0.15) is 13.8 Å². The first-order chi connectivity index (χ1) is 8.99. The van der Waals surface area contributed by atoms with Crippen LogP contribution in [0.3, 0.4) is 0 Å². The number of halogens is 2. The molecule has 0 aliphatic carbocycles. The topological polar surface area (TPSA) is 56.5 Å². The smallest absolute Gasteiger partial charge is 0.341 e. The Morgan fingerprint density at radius 2 is 2.42 bits per heavy atom. The standard InChI is InChI=1S/C12H13ClIN3O2/c1-4-19-12(18)9(11(13)15-3)7-8(2)17-6-5-10(14)16-17/h5-7H,3-4H2,1-2H3/b8-7+,11-9+. The Morgan fingerprint density at radius 3 is 2.89 bits per heavy atom. The second-order valence-electron chi connectivity index (χ2n) is 3.45. The summed E-state index contributed by atoms with van der Waals surface area (Å²) in [4.78, 5) is 15.4. The van der Waals surface area contributed by atoms with Gasteiger partial charge < -0.3 is 4.74 Å². The van der Waals surface area contributed by atoms with E-state index in [1.54, 1.807) is 30.8 Å². The molecule has 0 N–H and O–H groups in total. The summed E-state index contributed by atoms with van der Waals surface area (Å²) < 4.78 is 7.40. The average molecular weight is 394 g/mol. The van der Waals surface area contributed by atoms with Gasteiger partial charge in [-0.05, 0) is 55.3 Å². The minimum atomic E-state index is -0.541. The first-order valence-corrected chi connectivity index (χ1v) is 6.88. The predicted molar refractivity (Wildman–Crippen MR) is 84.0 cm³/mol. The van der Waals surface area contributed by atoms with E-state index >= 15 is 0 Å². The van der Waals surface area contributed by atoms with Crippen LogP contribution in [0, 0.1) is 3.70 Å². The summed E-state index contributed by atoms with van der Waals surface area (Å²) in [5.41, 5.74) is 0.870. The second-order valence-corrected chi connectivity index (χ2v) is 4.92. The third-order valence-corrected chi connectivity index (χ3v) is 3.03. The Balaban J connectivity index is 3.14. The third kappa shape index (κ3) is 4.46. The number of ether oxygens (including phenoxy) is 1. The van der Waals surface area contributed by atoms with Crippen LogP contribution in [0.5, 0.6) is 0 Å². The fourth-order valence-corrected chi connectivity index (χ4v) is 1.79. The highest BCUT2D eigenvalue weighted by molar-refractivity contribution is 14.1. The molecule has 19 heavy (non-hydrogen) atoms. The minimum Gasteiger partial charge on any atom is -0.462 e. The molecule has 0 atom stereocenters. The van der Waals surface area contributed by atoms with Crippen LogP contribution in [0.15, 0.2) is 34.1 Å². The fraction of sp³-hybridized carbons (Fsp3) is 0.250. The summed E-state index contributed by atoms with van der Waals surface area (Å²) in [5.74, 6) is -0.541. The van der Waals surface area contributed by atoms with E-state index in [-0.39, 0.29) is 17.3 Å². The van der Waals surface area contributed by atoms with Gasteiger partial charge in [0.1, 0.15) is 8.86 Å². The highest BCUT2D eigenvalue weighted by Gasteiger charge is 2.14. The zero-order chi connectivity index (χ0) is 14.4. The molecule has 0 aromatic carbocycles. The summed E-state index contributed by atoms with van der Waals surface area (Å²) in [6, 6.07) is 1.85. The highest BCUT2D eigenvalue weighted by Crippen LogP contribution is 2.17. The van der Waals surface area contributed by atoms with Crippen LogP contribution in [0.4, 0.5) is 0 Å². The summed E-state index contributed by atoms with van der Waals surface area (Å²) in [6.07, 6.45) is 3.35. The third-order valence-electron chi connectivity index (χ3n) is 2.13. The van der Waals surface area contributed by atoms with Gasteiger partial charge in [-0.3, -0.25) is 4.99 Å². The highest BCUT2D eigenvalue weighted by atomic mass is 127. The lowest BCUT2D eigenvalue weighted by Crippen LogP contribution is -2.08. The van der Waals surface area contributed by atoms with Gasteiger partial charge in [0, 0.05) is 11.9 Å². The van der Waals surface area contributed by atoms with E-state index in [0.717, 1.165) is 3.70 Å². The van der Waals surface area contributed by atoms with Gasteiger partial charge in [-0.25, -0.2) is 9.48 Å². The maximum Gasteiger partial charge on any atom is 0.341 e. The summed E-state index contributed by atoms with van der Waals surface area (Å²) in [5, 5.41) is 4.22. The van der Waals surface area contributed by atoms with Crippen molar-refractivity contribution in [3.8, 4) is 0 Å². The summed E-state index contributed by atoms with van der Waals surface area (Å²) in [7, 11) is 0. The first-order valence-electron chi connectivity index (χ1n) is 5.43. The normalized spacial score (nSPS) is 12.9. The zero-order valence-electron chi connectivity index (χ0n) is 10.6. The van der Waals surface area contributed by atoms with Crippen LogP contribution in [-0.2, 0) is 9.53 Å². The van der Waals surface area contributed by atoms with E-state index in [4.69, 9.17) is 16.3 Å². The van der Waals surface area contributed by atoms with Crippen molar-refractivity contribution in [1.29, 1.82) is 0 Å². The van der Waals surface area contributed by atoms with Gasteiger partial charge in [-0.15, -0.1) is 0 Å². The predicted octanol–water partition coefficient (Wildman–Crippen LogP) is 3.06. The number of carbonyl (C=O) groups excluding carboxylic acids is 1. The molecule has 1 heterocycles. The number of esters is 1. The molecule has 1 aromatic rings. The first kappa shape index (κ1) is 15.9. The number of aliphatic imine (C=N–C) groups is 1. The molecule has 102 valence electrons. The Bertz CT molecular complexity index is 549. The molecule has 0 radical (unpaired) electrons. The molecule has 0 unspecified atom stereocenters. The number of rotatable bonds is 5. The number of hydrogen-bond acceptors (Lipinski definition) is 4. The van der Waals surface area contributed by atoms with Crippen LogP contribution < -0.4 is 0 Å². The van der Waals surface area contributed by atoms with E-state index in [1.807, 2.05) is 6.07 Å². The Kier molecular flexibility index (Phi) is 6.23. The maximum atomic E-state index is 11.8. The lowest BCUT2D eigenvalue weighted by Gasteiger charge is -2.06. The average Bonchev–Trinajstić information content (AvgIpc) is 2.81. The number of allylic oxidation sites excluding steroid dienone is 1. The molecule has 0 fully saturated rings. The van der Waals surface area contributed by atoms with E-state index in [1.165, 1.54) is 0 Å². The van der Waals surface area contributed by atoms with E-state index in [2.05, 4.69) is 39.4 Å². The van der Waals surface area contributed by atoms with Gasteiger partial charge in [0.2, 0.25) is 0 Å². The lowest BCUT2D eigenvalue weighted by molar-refractivity contribution is -0.138. The molecule has 5 nitrogen and oxygen atoms in total. The molecule has 0 bridgehead atoms. The lowest BCUT2D eigenvalue weighted by atomic mass is 10.2. The molecule has 7 heteroatoms. The summed E-state index contributed by atoms with van der Waals surface area (Å²) >= 11 is 7.97. The van der Waals surface area contributed by atoms with Crippen molar-refractivity contribution < 1.29 is 9.53 Å². The van der Waals surface area contributed by atoms with Crippen LogP contribution >= 0.6 is 34.2 Å². The number of aromatic nitrogens is 2. The largest absolute Gasteiger partial charge is 0.462 e. The minimum absolute atomic E-state index is 0.000321. The van der Waals surface area contributed by atoms with E-state index in [0.29, 0.717) is 5.70 Å². The van der Waals surface area contributed by atoms with Gasteiger partial charge in [-0.1, -0.05) is 11.6 Å². The van der Waals surface area contributed by atoms with Gasteiger partial charge in [0.15, 0.2) is 0 Å². The van der Waals surface area contributed by atoms with Crippen molar-refractivity contribution in [3.05, 3.63) is 32.8 Å². The number of nitrogens with zero attached hydrogens (tertiary/aromatic N) is 3. The van der Waals surface area contributed by atoms with Crippen molar-refractivity contribution in [3.63, 3.8) is 0 Å². The van der Waals surface area contributed by atoms with Crippen molar-refractivity contribution in [2.45, 2.75) is 13.8 Å². The fourth-order valence-electron chi connectivity index (χ4n) is 1.27. The Labute approximate surface area is 130 Å². The number of carbonyl (C=O) groups is 1. The molecule has 0 aliphatic rings. The summed E-state index contributed by atoms with van der Waals surface area (Å²) in [6.45, 7) is 7.09. The SMILES string of the molecule is C=N/C(Cl)=C(\C=C(/C)n1ccc(I)n1)C(=O)OCC. The maximum absolute atomic E-state index is 11.8. The van der Waals surface area contributed by atoms with Gasteiger partial charge in [-0.2, -0.15) is 5.10 Å². The number of hydrogen-bond donors (Lipinski definition) is 0. The zero-order valence-corrected chi connectivity index (χ0v) is 13.5. The molecule has 0 aliphatic heterocycles. The van der Waals surface area contributed by atoms with Gasteiger partial charge in [0.25, 0.3) is 0 Å². The van der Waals surface area contributed by atoms with Crippen molar-refractivity contribution >= 4 is 52.6 Å². The molecule has 0 saturated heterocycles. The Morgan fingerprint density at radius 1 is 1.74 bits per heavy atom. The second kappa shape index (κ2) is 7.44. The van der Waals surface area contributed by atoms with Crippen molar-refractivity contribution in [2.75, 3.05) is 6.61 Å². The van der Waals surface area contributed by atoms with Crippen LogP contribution in [0.25, 0.3) is 5.70 Å². The molecule has 0 spiro atoms. The molecular formula is C12H13ClIN3O2. The molecular weight excluding hydrogens is 381 g/mol. The molecule has 0 saturated carbocycles. The Hall–Kier alpha value is -1.15. The monoisotopic (exact) mass is 393 g/mol. The van der Waals surface area contributed by atoms with Crippen LogP contribution in [-0.4, -0.2) is 29.1 Å². The van der Waals surface area contributed by atoms with Crippen molar-refractivity contribution in [1.82, 2.24) is 9.78 Å². The molecule has 1 rings (SSSR count). The molecule has 1 aromatic heterocycles. The van der Waals surface area contributed by atoms with E-state index in [9.17, 15) is 4.79 Å². The van der Waals surface area contributed by atoms with E-state index < -0.39 is 5.97 Å². The van der Waals surface area contributed by atoms with Crippen LogP contribution in [0.2, 0.25) is 0 Å². The van der Waals surface area contributed by atoms with Gasteiger partial charge >= 0.3 is 5.97 Å². The van der Waals surface area contributed by atoms with Gasteiger partial charge in [0.05, 0.1) is 12.2 Å². The van der Waals surface area contributed by atoms with Crippen molar-refractivity contribution in [2.24, 2.45) is 4.99 Å². The molecule has 0 amide bonds.